The van der Waals surface area contributed by atoms with Crippen LogP contribution in [0.2, 0.25) is 0 Å². The quantitative estimate of drug-likeness (QED) is 0.725. The van der Waals surface area contributed by atoms with Gasteiger partial charge >= 0.3 is 0 Å². The molecule has 0 saturated carbocycles. The summed E-state index contributed by atoms with van der Waals surface area (Å²) < 4.78 is 1.12. The molecule has 2 nitrogen and oxygen atoms in total. The van der Waals surface area contributed by atoms with E-state index in [-0.39, 0.29) is 5.91 Å². The van der Waals surface area contributed by atoms with E-state index in [4.69, 9.17) is 0 Å². The lowest BCUT2D eigenvalue weighted by Crippen LogP contribution is -2.34. The first kappa shape index (κ1) is 11.9. The minimum Gasteiger partial charge on any atom is -0.336 e. The van der Waals surface area contributed by atoms with Crippen molar-refractivity contribution < 1.29 is 4.79 Å². The number of likely N-dealkylation sites (tertiary alicyclic amines) is 1. The standard InChI is InChI=1S/C13H16INO/c1-9-5-6-11(14)8-12(9)13(16)15-7-3-4-10(15)2/h5-6,8,10H,3-4,7H2,1-2H3/t10-/m0/s1. The number of hydrogen-bond acceptors (Lipinski definition) is 1. The maximum absolute atomic E-state index is 12.4. The predicted octanol–water partition coefficient (Wildman–Crippen LogP) is 3.22. The van der Waals surface area contributed by atoms with Gasteiger partial charge in [-0.3, -0.25) is 4.79 Å². The number of carbonyl (C=O) groups excluding carboxylic acids is 1. The Hall–Kier alpha value is -0.580. The second kappa shape index (κ2) is 4.73. The van der Waals surface area contributed by atoms with Crippen molar-refractivity contribution in [1.82, 2.24) is 4.90 Å². The number of amides is 1. The zero-order valence-electron chi connectivity index (χ0n) is 9.66. The molecule has 1 amide bonds. The molecule has 1 atom stereocenters. The fourth-order valence-electron chi connectivity index (χ4n) is 2.21. The molecular formula is C13H16INO. The molecule has 1 aromatic carbocycles. The molecule has 0 radical (unpaired) electrons. The Bertz CT molecular complexity index is 416. The minimum absolute atomic E-state index is 0.195. The zero-order valence-corrected chi connectivity index (χ0v) is 11.8. The molecule has 3 heteroatoms. The van der Waals surface area contributed by atoms with E-state index in [1.807, 2.05) is 30.0 Å². The van der Waals surface area contributed by atoms with Gasteiger partial charge in [0.15, 0.2) is 0 Å². The van der Waals surface area contributed by atoms with Gasteiger partial charge in [-0.05, 0) is 67.0 Å². The Labute approximate surface area is 110 Å². The monoisotopic (exact) mass is 329 g/mol. The number of halogens is 1. The van der Waals surface area contributed by atoms with Crippen molar-refractivity contribution in [3.63, 3.8) is 0 Å². The van der Waals surface area contributed by atoms with Crippen molar-refractivity contribution in [2.45, 2.75) is 32.7 Å². The summed E-state index contributed by atoms with van der Waals surface area (Å²) in [6.07, 6.45) is 2.27. The summed E-state index contributed by atoms with van der Waals surface area (Å²) >= 11 is 2.25. The number of hydrogen-bond donors (Lipinski definition) is 0. The van der Waals surface area contributed by atoms with Gasteiger partial charge < -0.3 is 4.90 Å². The highest BCUT2D eigenvalue weighted by atomic mass is 127. The van der Waals surface area contributed by atoms with E-state index < -0.39 is 0 Å². The number of carbonyl (C=O) groups is 1. The highest BCUT2D eigenvalue weighted by Crippen LogP contribution is 2.22. The van der Waals surface area contributed by atoms with Gasteiger partial charge in [0.25, 0.3) is 5.91 Å². The second-order valence-electron chi connectivity index (χ2n) is 4.45. The van der Waals surface area contributed by atoms with Gasteiger partial charge in [-0.2, -0.15) is 0 Å². The van der Waals surface area contributed by atoms with E-state index in [1.165, 1.54) is 0 Å². The van der Waals surface area contributed by atoms with Crippen LogP contribution in [0.3, 0.4) is 0 Å². The molecule has 1 aliphatic heterocycles. The number of nitrogens with zero attached hydrogens (tertiary/aromatic N) is 1. The Morgan fingerprint density at radius 1 is 1.50 bits per heavy atom. The molecule has 1 saturated heterocycles. The van der Waals surface area contributed by atoms with Crippen LogP contribution in [0.4, 0.5) is 0 Å². The first-order valence-electron chi connectivity index (χ1n) is 5.66. The molecule has 16 heavy (non-hydrogen) atoms. The molecule has 0 aromatic heterocycles. The summed E-state index contributed by atoms with van der Waals surface area (Å²) in [5, 5.41) is 0. The maximum Gasteiger partial charge on any atom is 0.254 e. The van der Waals surface area contributed by atoms with Crippen LogP contribution >= 0.6 is 22.6 Å². The van der Waals surface area contributed by atoms with Crippen molar-refractivity contribution in [3.05, 3.63) is 32.9 Å². The summed E-state index contributed by atoms with van der Waals surface area (Å²) in [6, 6.07) is 6.45. The van der Waals surface area contributed by atoms with Crippen LogP contribution in [0, 0.1) is 10.5 Å². The molecular weight excluding hydrogens is 313 g/mol. The summed E-state index contributed by atoms with van der Waals surface area (Å²) in [6.45, 7) is 5.04. The van der Waals surface area contributed by atoms with E-state index in [2.05, 4.69) is 29.5 Å². The number of aryl methyl sites for hydroxylation is 1. The molecule has 2 rings (SSSR count). The molecule has 1 aliphatic rings. The van der Waals surface area contributed by atoms with Gasteiger partial charge in [0.2, 0.25) is 0 Å². The van der Waals surface area contributed by atoms with Gasteiger partial charge in [-0.25, -0.2) is 0 Å². The van der Waals surface area contributed by atoms with E-state index in [0.29, 0.717) is 6.04 Å². The van der Waals surface area contributed by atoms with Crippen LogP contribution in [0.25, 0.3) is 0 Å². The highest BCUT2D eigenvalue weighted by Gasteiger charge is 2.26. The molecule has 86 valence electrons. The zero-order chi connectivity index (χ0) is 11.7. The van der Waals surface area contributed by atoms with Gasteiger partial charge in [-0.1, -0.05) is 6.07 Å². The Morgan fingerprint density at radius 3 is 2.88 bits per heavy atom. The summed E-state index contributed by atoms with van der Waals surface area (Å²) in [5.41, 5.74) is 1.94. The predicted molar refractivity (Wildman–Crippen MR) is 73.6 cm³/mol. The Morgan fingerprint density at radius 2 is 2.25 bits per heavy atom. The lowest BCUT2D eigenvalue weighted by Gasteiger charge is -2.22. The van der Waals surface area contributed by atoms with Crippen LogP contribution in [-0.4, -0.2) is 23.4 Å². The van der Waals surface area contributed by atoms with Crippen LogP contribution in [0.1, 0.15) is 35.7 Å². The molecule has 1 aromatic rings. The largest absolute Gasteiger partial charge is 0.336 e. The van der Waals surface area contributed by atoms with E-state index in [0.717, 1.165) is 34.1 Å². The van der Waals surface area contributed by atoms with Gasteiger partial charge in [0.05, 0.1) is 0 Å². The van der Waals surface area contributed by atoms with Crippen molar-refractivity contribution in [3.8, 4) is 0 Å². The Kier molecular flexibility index (Phi) is 3.52. The lowest BCUT2D eigenvalue weighted by molar-refractivity contribution is 0.0746. The molecule has 0 unspecified atom stereocenters. The van der Waals surface area contributed by atoms with E-state index in [9.17, 15) is 4.79 Å². The molecule has 0 bridgehead atoms. The van der Waals surface area contributed by atoms with Crippen molar-refractivity contribution in [1.29, 1.82) is 0 Å². The second-order valence-corrected chi connectivity index (χ2v) is 5.69. The topological polar surface area (TPSA) is 20.3 Å². The molecule has 1 fully saturated rings. The van der Waals surface area contributed by atoms with Gasteiger partial charge in [0.1, 0.15) is 0 Å². The summed E-state index contributed by atoms with van der Waals surface area (Å²) in [7, 11) is 0. The maximum atomic E-state index is 12.4. The molecule has 1 heterocycles. The normalized spacial score (nSPS) is 20.2. The lowest BCUT2D eigenvalue weighted by atomic mass is 10.1. The van der Waals surface area contributed by atoms with Crippen molar-refractivity contribution in [2.75, 3.05) is 6.54 Å². The van der Waals surface area contributed by atoms with E-state index >= 15 is 0 Å². The van der Waals surface area contributed by atoms with E-state index in [1.54, 1.807) is 0 Å². The minimum atomic E-state index is 0.195. The summed E-state index contributed by atoms with van der Waals surface area (Å²) in [4.78, 5) is 14.4. The van der Waals surface area contributed by atoms with Crippen molar-refractivity contribution in [2.24, 2.45) is 0 Å². The Balaban J connectivity index is 2.29. The smallest absolute Gasteiger partial charge is 0.254 e. The van der Waals surface area contributed by atoms with Crippen LogP contribution in [-0.2, 0) is 0 Å². The average Bonchev–Trinajstić information content (AvgIpc) is 2.67. The third kappa shape index (κ3) is 2.24. The summed E-state index contributed by atoms with van der Waals surface area (Å²) in [5.74, 6) is 0.195. The molecule has 0 aliphatic carbocycles. The number of benzene rings is 1. The fourth-order valence-corrected chi connectivity index (χ4v) is 2.71. The third-order valence-electron chi connectivity index (χ3n) is 3.24. The SMILES string of the molecule is Cc1ccc(I)cc1C(=O)N1CCC[C@@H]1C. The van der Waals surface area contributed by atoms with Crippen LogP contribution in [0.15, 0.2) is 18.2 Å². The van der Waals surface area contributed by atoms with Gasteiger partial charge in [0, 0.05) is 21.7 Å². The van der Waals surface area contributed by atoms with Gasteiger partial charge in [-0.15, -0.1) is 0 Å². The third-order valence-corrected chi connectivity index (χ3v) is 3.91. The van der Waals surface area contributed by atoms with Crippen LogP contribution < -0.4 is 0 Å². The number of rotatable bonds is 1. The van der Waals surface area contributed by atoms with Crippen LogP contribution in [0.5, 0.6) is 0 Å². The molecule has 0 N–H and O–H groups in total. The van der Waals surface area contributed by atoms with Crippen molar-refractivity contribution >= 4 is 28.5 Å². The fraction of sp³-hybridized carbons (Fsp3) is 0.462. The first-order chi connectivity index (χ1) is 7.59. The average molecular weight is 329 g/mol. The molecule has 0 spiro atoms. The first-order valence-corrected chi connectivity index (χ1v) is 6.74. The highest BCUT2D eigenvalue weighted by molar-refractivity contribution is 14.1.